The molecule has 31 heavy (non-hydrogen) atoms. The number of carbonyl (C=O) groups is 2. The van der Waals surface area contributed by atoms with Crippen LogP contribution < -0.4 is 10.1 Å². The predicted octanol–water partition coefficient (Wildman–Crippen LogP) is 6.27. The first-order chi connectivity index (χ1) is 14.2. The van der Waals surface area contributed by atoms with Gasteiger partial charge in [0.05, 0.1) is 5.02 Å². The lowest BCUT2D eigenvalue weighted by atomic mass is 10.0. The summed E-state index contributed by atoms with van der Waals surface area (Å²) in [6.07, 6.45) is -1.29. The van der Waals surface area contributed by atoms with Gasteiger partial charge in [-0.3, -0.25) is 0 Å². The molecule has 0 unspecified atom stereocenters. The Morgan fingerprint density at radius 1 is 1.06 bits per heavy atom. The van der Waals surface area contributed by atoms with Crippen LogP contribution in [0.15, 0.2) is 18.2 Å². The van der Waals surface area contributed by atoms with Crippen molar-refractivity contribution in [3.05, 3.63) is 28.2 Å². The number of hydrogen-bond acceptors (Lipinski definition) is 5. The lowest BCUT2D eigenvalue weighted by molar-refractivity contribution is -0.157. The van der Waals surface area contributed by atoms with Gasteiger partial charge >= 0.3 is 12.1 Å². The summed E-state index contributed by atoms with van der Waals surface area (Å²) in [4.78, 5) is 25.1. The van der Waals surface area contributed by atoms with Gasteiger partial charge in [0, 0.05) is 5.02 Å². The molecule has 0 fully saturated rings. The molecule has 1 amide bonds. The molecule has 0 aromatic heterocycles. The molecule has 0 spiro atoms. The standard InChI is InChI=1S/C23H35Cl2NO5/c1-13(2)11-18(26-22(28)31-23(6,7)8)21(27)29-15(5)20(14(3)4)30-19-10-9-16(24)12-17(19)25/h9-10,12-15,18,20H,11H2,1-8H3,(H,26,28)/t15-,18-,20+/m0/s1. The fourth-order valence-corrected chi connectivity index (χ4v) is 3.41. The number of esters is 1. The van der Waals surface area contributed by atoms with Gasteiger partial charge in [-0.1, -0.05) is 50.9 Å². The smallest absolute Gasteiger partial charge is 0.408 e. The zero-order chi connectivity index (χ0) is 23.9. The van der Waals surface area contributed by atoms with Crippen molar-refractivity contribution in [1.29, 1.82) is 0 Å². The average Bonchev–Trinajstić information content (AvgIpc) is 2.57. The van der Waals surface area contributed by atoms with Crippen LogP contribution in [0.5, 0.6) is 5.75 Å². The lowest BCUT2D eigenvalue weighted by Gasteiger charge is -2.30. The van der Waals surface area contributed by atoms with Gasteiger partial charge in [0.2, 0.25) is 0 Å². The van der Waals surface area contributed by atoms with Gasteiger partial charge in [-0.25, -0.2) is 9.59 Å². The Hall–Kier alpha value is -1.66. The van der Waals surface area contributed by atoms with Crippen LogP contribution in [-0.4, -0.2) is 35.9 Å². The largest absolute Gasteiger partial charge is 0.485 e. The molecule has 0 saturated carbocycles. The molecule has 1 aromatic rings. The quantitative estimate of drug-likeness (QED) is 0.426. The van der Waals surface area contributed by atoms with Crippen molar-refractivity contribution in [1.82, 2.24) is 5.32 Å². The molecule has 0 heterocycles. The van der Waals surface area contributed by atoms with Crippen molar-refractivity contribution < 1.29 is 23.8 Å². The Balaban J connectivity index is 2.91. The highest BCUT2D eigenvalue weighted by Gasteiger charge is 2.32. The van der Waals surface area contributed by atoms with Crippen molar-refractivity contribution >= 4 is 35.3 Å². The van der Waals surface area contributed by atoms with Crippen LogP contribution in [0, 0.1) is 11.8 Å². The van der Waals surface area contributed by atoms with Gasteiger partial charge in [-0.05, 0) is 64.2 Å². The molecular formula is C23H35Cl2NO5. The Kier molecular flexibility index (Phi) is 10.4. The molecule has 0 radical (unpaired) electrons. The molecule has 3 atom stereocenters. The van der Waals surface area contributed by atoms with E-state index in [2.05, 4.69) is 5.32 Å². The Morgan fingerprint density at radius 3 is 2.16 bits per heavy atom. The van der Waals surface area contributed by atoms with E-state index in [9.17, 15) is 9.59 Å². The van der Waals surface area contributed by atoms with E-state index in [0.717, 1.165) is 0 Å². The summed E-state index contributed by atoms with van der Waals surface area (Å²) >= 11 is 12.2. The third kappa shape index (κ3) is 10.0. The number of amides is 1. The van der Waals surface area contributed by atoms with Crippen LogP contribution in [0.1, 0.15) is 61.8 Å². The van der Waals surface area contributed by atoms with E-state index >= 15 is 0 Å². The van der Waals surface area contributed by atoms with Gasteiger partial charge in [-0.15, -0.1) is 0 Å². The summed E-state index contributed by atoms with van der Waals surface area (Å²) in [6, 6.07) is 4.13. The van der Waals surface area contributed by atoms with Crippen molar-refractivity contribution in [2.75, 3.05) is 0 Å². The molecule has 0 bridgehead atoms. The zero-order valence-electron chi connectivity index (χ0n) is 19.6. The number of carbonyl (C=O) groups excluding carboxylic acids is 2. The minimum Gasteiger partial charge on any atom is -0.485 e. The van der Waals surface area contributed by atoms with Crippen molar-refractivity contribution in [2.45, 2.75) is 85.7 Å². The second-order valence-corrected chi connectivity index (χ2v) is 10.2. The van der Waals surface area contributed by atoms with Gasteiger partial charge in [0.15, 0.2) is 0 Å². The molecule has 6 nitrogen and oxygen atoms in total. The highest BCUT2D eigenvalue weighted by molar-refractivity contribution is 6.35. The SMILES string of the molecule is CC(C)C[C@H](NC(=O)OC(C)(C)C)C(=O)O[C@@H](C)[C@H](Oc1ccc(Cl)cc1Cl)C(C)C. The molecule has 0 aliphatic rings. The summed E-state index contributed by atoms with van der Waals surface area (Å²) in [7, 11) is 0. The van der Waals surface area contributed by atoms with Gasteiger partial charge in [0.25, 0.3) is 0 Å². The highest BCUT2D eigenvalue weighted by Crippen LogP contribution is 2.30. The molecule has 8 heteroatoms. The molecule has 0 aliphatic carbocycles. The fraction of sp³-hybridized carbons (Fsp3) is 0.652. The zero-order valence-corrected chi connectivity index (χ0v) is 21.1. The van der Waals surface area contributed by atoms with Crippen LogP contribution in [0.25, 0.3) is 0 Å². The van der Waals surface area contributed by atoms with Crippen LogP contribution in [-0.2, 0) is 14.3 Å². The number of ether oxygens (including phenoxy) is 3. The number of alkyl carbamates (subject to hydrolysis) is 1. The Labute approximate surface area is 195 Å². The first-order valence-corrected chi connectivity index (χ1v) is 11.3. The van der Waals surface area contributed by atoms with Crippen LogP contribution in [0.2, 0.25) is 10.0 Å². The summed E-state index contributed by atoms with van der Waals surface area (Å²) < 4.78 is 17.0. The maximum atomic E-state index is 12.9. The predicted molar refractivity (Wildman–Crippen MR) is 124 cm³/mol. The van der Waals surface area contributed by atoms with Gasteiger partial charge < -0.3 is 19.5 Å². The van der Waals surface area contributed by atoms with Crippen molar-refractivity contribution in [3.63, 3.8) is 0 Å². The van der Waals surface area contributed by atoms with Gasteiger partial charge in [0.1, 0.15) is 29.6 Å². The molecule has 1 N–H and O–H groups in total. The Morgan fingerprint density at radius 2 is 1.68 bits per heavy atom. The molecule has 1 rings (SSSR count). The van der Waals surface area contributed by atoms with Crippen LogP contribution >= 0.6 is 23.2 Å². The van der Waals surface area contributed by atoms with Gasteiger partial charge in [-0.2, -0.15) is 0 Å². The fourth-order valence-electron chi connectivity index (χ4n) is 2.96. The normalized spacial score (nSPS) is 14.7. The molecular weight excluding hydrogens is 441 g/mol. The minimum atomic E-state index is -0.829. The first kappa shape index (κ1) is 27.4. The van der Waals surface area contributed by atoms with E-state index in [1.165, 1.54) is 0 Å². The van der Waals surface area contributed by atoms with E-state index in [1.807, 2.05) is 27.7 Å². The first-order valence-electron chi connectivity index (χ1n) is 10.5. The third-order valence-electron chi connectivity index (χ3n) is 4.26. The number of halogens is 2. The number of benzene rings is 1. The summed E-state index contributed by atoms with van der Waals surface area (Å²) in [5.74, 6) is 0.103. The van der Waals surface area contributed by atoms with E-state index in [4.69, 9.17) is 37.4 Å². The Bertz CT molecular complexity index is 746. The molecule has 176 valence electrons. The van der Waals surface area contributed by atoms with Crippen LogP contribution in [0.4, 0.5) is 4.79 Å². The molecule has 0 saturated heterocycles. The summed E-state index contributed by atoms with van der Waals surface area (Å²) in [6.45, 7) is 14.9. The second-order valence-electron chi connectivity index (χ2n) is 9.37. The summed E-state index contributed by atoms with van der Waals surface area (Å²) in [5.41, 5.74) is -0.669. The highest BCUT2D eigenvalue weighted by atomic mass is 35.5. The van der Waals surface area contributed by atoms with E-state index in [0.29, 0.717) is 22.2 Å². The number of hydrogen-bond donors (Lipinski definition) is 1. The number of nitrogens with one attached hydrogen (secondary N) is 1. The minimum absolute atomic E-state index is 0.0249. The monoisotopic (exact) mass is 475 g/mol. The van der Waals surface area contributed by atoms with E-state index < -0.39 is 35.9 Å². The maximum Gasteiger partial charge on any atom is 0.408 e. The van der Waals surface area contributed by atoms with E-state index in [-0.39, 0.29) is 11.8 Å². The average molecular weight is 476 g/mol. The molecule has 0 aliphatic heterocycles. The topological polar surface area (TPSA) is 73.9 Å². The molecule has 1 aromatic carbocycles. The lowest BCUT2D eigenvalue weighted by Crippen LogP contribution is -2.47. The van der Waals surface area contributed by atoms with E-state index in [1.54, 1.807) is 45.9 Å². The second kappa shape index (κ2) is 11.8. The summed E-state index contributed by atoms with van der Waals surface area (Å²) in [5, 5.41) is 3.51. The third-order valence-corrected chi connectivity index (χ3v) is 4.79. The van der Waals surface area contributed by atoms with Crippen molar-refractivity contribution in [3.8, 4) is 5.75 Å². The number of rotatable bonds is 9. The van der Waals surface area contributed by atoms with Crippen LogP contribution in [0.3, 0.4) is 0 Å². The van der Waals surface area contributed by atoms with Crippen molar-refractivity contribution in [2.24, 2.45) is 11.8 Å². The maximum absolute atomic E-state index is 12.9.